The van der Waals surface area contributed by atoms with Crippen molar-refractivity contribution in [2.75, 3.05) is 40.9 Å². The zero-order valence-electron chi connectivity index (χ0n) is 21.2. The molecule has 2 fully saturated rings. The predicted octanol–water partition coefficient (Wildman–Crippen LogP) is 4.60. The number of nitriles is 1. The normalized spacial score (nSPS) is 17.1. The first-order valence-corrected chi connectivity index (χ1v) is 12.6. The summed E-state index contributed by atoms with van der Waals surface area (Å²) in [6, 6.07) is 16.4. The van der Waals surface area contributed by atoms with E-state index in [4.69, 9.17) is 4.98 Å². The van der Waals surface area contributed by atoms with Crippen molar-refractivity contribution in [3.05, 3.63) is 48.8 Å². The zero-order valence-corrected chi connectivity index (χ0v) is 21.2. The molecule has 4 heterocycles. The highest BCUT2D eigenvalue weighted by Crippen LogP contribution is 2.34. The molecule has 2 aromatic heterocycles. The number of benzene rings is 1. The van der Waals surface area contributed by atoms with E-state index in [1.54, 1.807) is 16.1 Å². The van der Waals surface area contributed by atoms with Crippen LogP contribution in [0, 0.1) is 29.1 Å². The molecule has 9 heteroatoms. The molecule has 9 nitrogen and oxygen atoms in total. The summed E-state index contributed by atoms with van der Waals surface area (Å²) in [5.41, 5.74) is 2.69. The van der Waals surface area contributed by atoms with Gasteiger partial charge in [0.2, 0.25) is 0 Å². The van der Waals surface area contributed by atoms with Crippen LogP contribution in [0.1, 0.15) is 33.7 Å². The van der Waals surface area contributed by atoms with Crippen molar-refractivity contribution < 1.29 is 4.79 Å². The van der Waals surface area contributed by atoms with Crippen LogP contribution in [0.15, 0.2) is 48.8 Å². The van der Waals surface area contributed by atoms with Crippen molar-refractivity contribution in [1.82, 2.24) is 19.7 Å². The van der Waals surface area contributed by atoms with Crippen LogP contribution in [0.4, 0.5) is 22.0 Å². The van der Waals surface area contributed by atoms with E-state index in [-0.39, 0.29) is 18.0 Å². The number of nitrogens with zero attached hydrogens (tertiary/aromatic N) is 8. The maximum atomic E-state index is 13.3. The van der Waals surface area contributed by atoms with E-state index in [0.717, 1.165) is 24.5 Å². The third-order valence-electron chi connectivity index (χ3n) is 7.19. The lowest BCUT2D eigenvalue weighted by Gasteiger charge is -2.44. The number of hydrogen-bond acceptors (Lipinski definition) is 6. The molecule has 2 amide bonds. The van der Waals surface area contributed by atoms with E-state index in [2.05, 4.69) is 61.0 Å². The topological polar surface area (TPSA) is 94.2 Å². The van der Waals surface area contributed by atoms with Gasteiger partial charge >= 0.3 is 6.03 Å². The summed E-state index contributed by atoms with van der Waals surface area (Å²) in [5, 5.41) is 17.7. The lowest BCUT2D eigenvalue weighted by atomic mass is 9.79. The number of urea groups is 1. The van der Waals surface area contributed by atoms with Crippen molar-refractivity contribution in [3.63, 3.8) is 0 Å². The summed E-state index contributed by atoms with van der Waals surface area (Å²) in [5.74, 6) is 2.19. The molecule has 0 saturated carbocycles. The molecular formula is C27H32N8O. The number of pyridine rings is 1. The monoisotopic (exact) mass is 484 g/mol. The van der Waals surface area contributed by atoms with Crippen LogP contribution >= 0.6 is 0 Å². The summed E-state index contributed by atoms with van der Waals surface area (Å²) >= 11 is 0. The lowest BCUT2D eigenvalue weighted by Crippen LogP contribution is -2.50. The van der Waals surface area contributed by atoms with Crippen molar-refractivity contribution >= 4 is 23.2 Å². The molecule has 2 aliphatic rings. The molecule has 1 aromatic carbocycles. The molecule has 0 bridgehead atoms. The van der Waals surface area contributed by atoms with Gasteiger partial charge in [-0.15, -0.1) is 10.2 Å². The van der Waals surface area contributed by atoms with Crippen LogP contribution < -0.4 is 14.7 Å². The Balaban J connectivity index is 1.27. The Bertz CT molecular complexity index is 1270. The van der Waals surface area contributed by atoms with Gasteiger partial charge < -0.3 is 9.47 Å². The largest absolute Gasteiger partial charge is 0.371 e. The number of carbonyl (C=O) groups is 1. The van der Waals surface area contributed by atoms with Crippen molar-refractivity contribution in [2.24, 2.45) is 17.8 Å². The van der Waals surface area contributed by atoms with E-state index >= 15 is 0 Å². The summed E-state index contributed by atoms with van der Waals surface area (Å²) < 4.78 is 1.97. The molecule has 1 atom stereocenters. The first-order chi connectivity index (χ1) is 17.4. The standard InChI is InChI=1S/C27H32N8O/c1-18(2)23(14-28)20-15-32(16-20)21-8-10-22(11-9-21)33-12-13-34(27(33)36)25-7-5-6-24(30-25)26-31-29-17-35(26)19(3)4/h5-11,17-20,23H,12-13,15-16H2,1-4H3. The Morgan fingerprint density at radius 2 is 1.67 bits per heavy atom. The molecule has 186 valence electrons. The highest BCUT2D eigenvalue weighted by Gasteiger charge is 2.36. The minimum Gasteiger partial charge on any atom is -0.371 e. The molecule has 3 aromatic rings. The van der Waals surface area contributed by atoms with Crippen LogP contribution in [0.3, 0.4) is 0 Å². The summed E-state index contributed by atoms with van der Waals surface area (Å²) in [6.07, 6.45) is 1.70. The van der Waals surface area contributed by atoms with Crippen LogP contribution in [-0.2, 0) is 0 Å². The third kappa shape index (κ3) is 4.28. The molecule has 1 unspecified atom stereocenters. The number of anilines is 3. The second kappa shape index (κ2) is 9.61. The Labute approximate surface area is 212 Å². The minimum absolute atomic E-state index is 0.0875. The molecule has 5 rings (SSSR count). The summed E-state index contributed by atoms with van der Waals surface area (Å²) in [7, 11) is 0. The van der Waals surface area contributed by atoms with Crippen LogP contribution in [0.25, 0.3) is 11.5 Å². The smallest absolute Gasteiger partial charge is 0.330 e. The molecular weight excluding hydrogens is 452 g/mol. The fourth-order valence-electron chi connectivity index (χ4n) is 5.08. The first-order valence-electron chi connectivity index (χ1n) is 12.6. The molecule has 2 aliphatic heterocycles. The highest BCUT2D eigenvalue weighted by atomic mass is 16.2. The minimum atomic E-state index is -0.0875. The van der Waals surface area contributed by atoms with E-state index < -0.39 is 0 Å². The summed E-state index contributed by atoms with van der Waals surface area (Å²) in [6.45, 7) is 11.3. The molecule has 0 aliphatic carbocycles. The van der Waals surface area contributed by atoms with Gasteiger partial charge in [-0.25, -0.2) is 9.78 Å². The van der Waals surface area contributed by atoms with Gasteiger partial charge in [-0.2, -0.15) is 5.26 Å². The number of rotatable bonds is 7. The number of hydrogen-bond donors (Lipinski definition) is 0. The average Bonchev–Trinajstić information content (AvgIpc) is 3.48. The molecule has 2 saturated heterocycles. The van der Waals surface area contributed by atoms with Gasteiger partial charge in [0.25, 0.3) is 0 Å². The zero-order chi connectivity index (χ0) is 25.4. The van der Waals surface area contributed by atoms with E-state index in [1.165, 1.54) is 0 Å². The summed E-state index contributed by atoms with van der Waals surface area (Å²) in [4.78, 5) is 23.9. The van der Waals surface area contributed by atoms with Gasteiger partial charge in [-0.3, -0.25) is 9.80 Å². The maximum absolute atomic E-state index is 13.3. The van der Waals surface area contributed by atoms with Crippen LogP contribution in [-0.4, -0.2) is 52.0 Å². The number of amides is 2. The van der Waals surface area contributed by atoms with Gasteiger partial charge in [0, 0.05) is 49.5 Å². The first kappa shape index (κ1) is 23.8. The predicted molar refractivity (Wildman–Crippen MR) is 140 cm³/mol. The quantitative estimate of drug-likeness (QED) is 0.486. The Morgan fingerprint density at radius 1 is 0.972 bits per heavy atom. The van der Waals surface area contributed by atoms with Crippen molar-refractivity contribution in [3.8, 4) is 17.6 Å². The Kier molecular flexibility index (Phi) is 6.35. The van der Waals surface area contributed by atoms with E-state index in [0.29, 0.717) is 42.3 Å². The SMILES string of the molecule is CC(C)C(C#N)C1CN(c2ccc(N3CCN(c4cccc(-c5nncn5C(C)C)n4)C3=O)cc2)C1. The van der Waals surface area contributed by atoms with Crippen LogP contribution in [0.2, 0.25) is 0 Å². The molecule has 0 spiro atoms. The van der Waals surface area contributed by atoms with Crippen molar-refractivity contribution in [2.45, 2.75) is 33.7 Å². The Morgan fingerprint density at radius 3 is 2.33 bits per heavy atom. The fraction of sp³-hybridized carbons (Fsp3) is 0.444. The molecule has 0 N–H and O–H groups in total. The van der Waals surface area contributed by atoms with Gasteiger partial charge in [-0.05, 0) is 56.2 Å². The van der Waals surface area contributed by atoms with Crippen molar-refractivity contribution in [1.29, 1.82) is 5.26 Å². The van der Waals surface area contributed by atoms with Crippen LogP contribution in [0.5, 0.6) is 0 Å². The second-order valence-corrected chi connectivity index (χ2v) is 10.2. The maximum Gasteiger partial charge on any atom is 0.330 e. The van der Waals surface area contributed by atoms with Gasteiger partial charge in [0.15, 0.2) is 5.82 Å². The number of carbonyl (C=O) groups excluding carboxylic acids is 1. The number of aromatic nitrogens is 4. The molecule has 0 radical (unpaired) electrons. The van der Waals surface area contributed by atoms with E-state index in [1.807, 2.05) is 34.9 Å². The molecule has 36 heavy (non-hydrogen) atoms. The lowest BCUT2D eigenvalue weighted by molar-refractivity contribution is 0.255. The van der Waals surface area contributed by atoms with Gasteiger partial charge in [0.1, 0.15) is 17.8 Å². The van der Waals surface area contributed by atoms with Gasteiger partial charge in [-0.1, -0.05) is 19.9 Å². The highest BCUT2D eigenvalue weighted by molar-refractivity contribution is 6.05. The van der Waals surface area contributed by atoms with E-state index in [9.17, 15) is 10.1 Å². The average molecular weight is 485 g/mol. The van der Waals surface area contributed by atoms with Gasteiger partial charge in [0.05, 0.1) is 12.0 Å². The Hall–Kier alpha value is -3.93. The second-order valence-electron chi connectivity index (χ2n) is 10.2. The third-order valence-corrected chi connectivity index (χ3v) is 7.19. The fourth-order valence-corrected chi connectivity index (χ4v) is 5.08.